The minimum Gasteiger partial charge on any atom is -0.127 e. The molecular formula is C18H33Br3Si2. The lowest BCUT2D eigenvalue weighted by molar-refractivity contribution is 0.462. The molecule has 3 rings (SSSR count). The van der Waals surface area contributed by atoms with E-state index >= 15 is 0 Å². The predicted molar refractivity (Wildman–Crippen MR) is 119 cm³/mol. The van der Waals surface area contributed by atoms with Gasteiger partial charge in [-0.3, -0.25) is 0 Å². The predicted octanol–water partition coefficient (Wildman–Crippen LogP) is 8.64. The Balaban J connectivity index is 1.88. The van der Waals surface area contributed by atoms with Gasteiger partial charge in [0.25, 0.3) is 0 Å². The molecule has 0 N–H and O–H groups in total. The number of hydrogen-bond donors (Lipinski definition) is 0. The number of hydrogen-bond acceptors (Lipinski definition) is 0. The monoisotopic (exact) mass is 542 g/mol. The molecule has 0 atom stereocenters. The summed E-state index contributed by atoms with van der Waals surface area (Å²) in [7, 11) is 0. The van der Waals surface area contributed by atoms with Crippen LogP contribution in [0.4, 0.5) is 0 Å². The highest BCUT2D eigenvalue weighted by Crippen LogP contribution is 2.62. The zero-order valence-corrected chi connectivity index (χ0v) is 21.2. The standard InChI is InChI=1S/C18H33Br3Si2/c19-22(16-10-4-1-5-11-16,17-12-6-2-7-13-17)23(20,21)18-14-8-3-9-15-18/h16-18H,1-15H2. The molecule has 3 saturated carbocycles. The maximum absolute atomic E-state index is 4.67. The van der Waals surface area contributed by atoms with Gasteiger partial charge >= 0.3 is 0 Å². The quantitative estimate of drug-likeness (QED) is 0.245. The molecule has 3 aliphatic rings. The van der Waals surface area contributed by atoms with Crippen LogP contribution >= 0.6 is 45.9 Å². The summed E-state index contributed by atoms with van der Waals surface area (Å²) in [5.41, 5.74) is 3.05. The van der Waals surface area contributed by atoms with E-state index in [1.807, 2.05) is 0 Å². The Hall–Kier alpha value is 1.87. The number of halogens is 3. The van der Waals surface area contributed by atoms with Crippen LogP contribution in [-0.4, -0.2) is 11.0 Å². The van der Waals surface area contributed by atoms with Crippen molar-refractivity contribution in [2.45, 2.75) is 113 Å². The van der Waals surface area contributed by atoms with Crippen LogP contribution in [0.5, 0.6) is 0 Å². The third kappa shape index (κ3) is 4.09. The minimum atomic E-state index is -1.55. The molecule has 0 aliphatic heterocycles. The average Bonchev–Trinajstić information content (AvgIpc) is 2.63. The Morgan fingerprint density at radius 3 is 1.09 bits per heavy atom. The summed E-state index contributed by atoms with van der Waals surface area (Å²) in [6.07, 6.45) is 21.0. The molecule has 0 aromatic heterocycles. The third-order valence-corrected chi connectivity index (χ3v) is 54.7. The molecule has 0 bridgehead atoms. The lowest BCUT2D eigenvalue weighted by Crippen LogP contribution is -2.60. The Bertz CT molecular complexity index is 352. The summed E-state index contributed by atoms with van der Waals surface area (Å²) >= 11 is 13.7. The minimum absolute atomic E-state index is 0.978. The van der Waals surface area contributed by atoms with Crippen molar-refractivity contribution in [2.75, 3.05) is 0 Å². The molecule has 0 heterocycles. The molecule has 0 unspecified atom stereocenters. The maximum Gasteiger partial charge on any atom is 0.207 e. The van der Waals surface area contributed by atoms with Crippen molar-refractivity contribution in [3.05, 3.63) is 0 Å². The van der Waals surface area contributed by atoms with Gasteiger partial charge in [0, 0.05) is 0 Å². The second-order valence-electron chi connectivity index (χ2n) is 8.40. The van der Waals surface area contributed by atoms with E-state index in [9.17, 15) is 0 Å². The van der Waals surface area contributed by atoms with E-state index in [0.717, 1.165) is 16.6 Å². The molecule has 0 amide bonds. The summed E-state index contributed by atoms with van der Waals surface area (Å²) in [5, 5.41) is 0. The molecule has 23 heavy (non-hydrogen) atoms. The zero-order valence-electron chi connectivity index (χ0n) is 14.5. The van der Waals surface area contributed by atoms with Gasteiger partial charge < -0.3 is 0 Å². The van der Waals surface area contributed by atoms with Gasteiger partial charge in [0.15, 0.2) is 6.21 Å². The van der Waals surface area contributed by atoms with Crippen LogP contribution in [0, 0.1) is 0 Å². The largest absolute Gasteiger partial charge is 0.207 e. The van der Waals surface area contributed by atoms with E-state index in [4.69, 9.17) is 0 Å². The van der Waals surface area contributed by atoms with E-state index < -0.39 is 11.0 Å². The van der Waals surface area contributed by atoms with Gasteiger partial charge in [-0.05, 0) is 16.6 Å². The molecule has 5 heteroatoms. The second-order valence-corrected chi connectivity index (χ2v) is 39.7. The highest BCUT2D eigenvalue weighted by molar-refractivity contribution is 9.57. The van der Waals surface area contributed by atoms with Crippen molar-refractivity contribution in [3.8, 4) is 0 Å². The maximum atomic E-state index is 4.67. The second kappa shape index (κ2) is 8.71. The normalized spacial score (nSPS) is 27.3. The van der Waals surface area contributed by atoms with E-state index in [1.54, 1.807) is 0 Å². The van der Waals surface area contributed by atoms with Crippen molar-refractivity contribution >= 4 is 56.9 Å². The molecule has 0 nitrogen and oxygen atoms in total. The van der Waals surface area contributed by atoms with Gasteiger partial charge in [-0.2, -0.15) is 0 Å². The molecule has 0 aromatic rings. The Labute approximate surface area is 168 Å². The molecule has 0 aromatic carbocycles. The van der Waals surface area contributed by atoms with Gasteiger partial charge in [0.2, 0.25) is 4.83 Å². The van der Waals surface area contributed by atoms with E-state index in [-0.39, 0.29) is 0 Å². The zero-order chi connectivity index (χ0) is 16.3. The highest BCUT2D eigenvalue weighted by atomic mass is 79.9. The highest BCUT2D eigenvalue weighted by Gasteiger charge is 2.62. The van der Waals surface area contributed by atoms with Crippen molar-refractivity contribution in [3.63, 3.8) is 0 Å². The first-order chi connectivity index (χ1) is 11.1. The molecule has 0 saturated heterocycles. The summed E-state index contributed by atoms with van der Waals surface area (Å²) in [4.78, 5) is -1.55. The van der Waals surface area contributed by atoms with Gasteiger partial charge in [-0.15, -0.1) is 45.9 Å². The molecule has 134 valence electrons. The average molecular weight is 545 g/mol. The van der Waals surface area contributed by atoms with Gasteiger partial charge in [-0.1, -0.05) is 96.3 Å². The first kappa shape index (κ1) is 19.6. The van der Waals surface area contributed by atoms with Crippen molar-refractivity contribution in [2.24, 2.45) is 0 Å². The van der Waals surface area contributed by atoms with Crippen LogP contribution in [-0.2, 0) is 0 Å². The van der Waals surface area contributed by atoms with Crippen LogP contribution < -0.4 is 0 Å². The van der Waals surface area contributed by atoms with Crippen LogP contribution in [0.15, 0.2) is 0 Å². The van der Waals surface area contributed by atoms with Crippen LogP contribution in [0.1, 0.15) is 96.3 Å². The molecule has 0 radical (unpaired) electrons. The van der Waals surface area contributed by atoms with Crippen molar-refractivity contribution in [1.82, 2.24) is 0 Å². The fraction of sp³-hybridized carbons (Fsp3) is 1.00. The Kier molecular flexibility index (Phi) is 7.43. The molecule has 3 aliphatic carbocycles. The molecule has 3 fully saturated rings. The lowest BCUT2D eigenvalue weighted by atomic mass is 9.99. The fourth-order valence-electron chi connectivity index (χ4n) is 5.70. The third-order valence-electron chi connectivity index (χ3n) is 7.03. The Morgan fingerprint density at radius 1 is 0.435 bits per heavy atom. The van der Waals surface area contributed by atoms with Crippen molar-refractivity contribution in [1.29, 1.82) is 0 Å². The topological polar surface area (TPSA) is 0 Å². The van der Waals surface area contributed by atoms with Gasteiger partial charge in [0.1, 0.15) is 0 Å². The van der Waals surface area contributed by atoms with Crippen LogP contribution in [0.3, 0.4) is 0 Å². The van der Waals surface area contributed by atoms with Crippen molar-refractivity contribution < 1.29 is 0 Å². The smallest absolute Gasteiger partial charge is 0.127 e. The number of rotatable bonds is 4. The summed E-state index contributed by atoms with van der Waals surface area (Å²) in [6.45, 7) is 0. The van der Waals surface area contributed by atoms with E-state index in [2.05, 4.69) is 45.9 Å². The van der Waals surface area contributed by atoms with Gasteiger partial charge in [-0.25, -0.2) is 0 Å². The summed E-state index contributed by atoms with van der Waals surface area (Å²) < 4.78 is 0. The summed E-state index contributed by atoms with van der Waals surface area (Å²) in [6, 6.07) is 0. The lowest BCUT2D eigenvalue weighted by Gasteiger charge is -2.52. The molecule has 0 spiro atoms. The SMILES string of the molecule is Br[Si](Br)(C1CCCCC1)[Si](Br)(C1CCCCC1)C1CCCCC1. The fourth-order valence-corrected chi connectivity index (χ4v) is 39.5. The Morgan fingerprint density at radius 2 is 0.739 bits per heavy atom. The van der Waals surface area contributed by atoms with E-state index in [1.165, 1.54) is 96.3 Å². The van der Waals surface area contributed by atoms with E-state index in [0.29, 0.717) is 0 Å². The molecular weight excluding hydrogens is 512 g/mol. The van der Waals surface area contributed by atoms with Crippen LogP contribution in [0.25, 0.3) is 0 Å². The van der Waals surface area contributed by atoms with Gasteiger partial charge in [0.05, 0.1) is 0 Å². The van der Waals surface area contributed by atoms with Crippen LogP contribution in [0.2, 0.25) is 16.6 Å². The summed E-state index contributed by atoms with van der Waals surface area (Å²) in [5.74, 6) is 0. The first-order valence-corrected chi connectivity index (χ1v) is 22.1. The first-order valence-electron chi connectivity index (χ1n) is 10.1.